The van der Waals surface area contributed by atoms with Crippen LogP contribution in [0.15, 0.2) is 36.4 Å². The molecular weight excluding hydrogens is 295 g/mol. The Kier molecular flexibility index (Phi) is 3.18. The van der Waals surface area contributed by atoms with Crippen molar-refractivity contribution in [3.05, 3.63) is 47.5 Å². The molecule has 0 unspecified atom stereocenters. The first-order chi connectivity index (χ1) is 11.2. The SMILES string of the molecule is O=C1Cc2ccc(OBOc3ccc4c(c3)NC(=O)C4)cc2N1. The second-order valence-corrected chi connectivity index (χ2v) is 5.49. The Balaban J connectivity index is 1.38. The molecule has 2 amide bonds. The summed E-state index contributed by atoms with van der Waals surface area (Å²) in [6, 6.07) is 10.9. The number of nitrogens with one attached hydrogen (secondary N) is 2. The lowest BCUT2D eigenvalue weighted by molar-refractivity contribution is -0.115. The number of rotatable bonds is 4. The van der Waals surface area contributed by atoms with Gasteiger partial charge in [0, 0.05) is 23.5 Å². The molecule has 2 heterocycles. The van der Waals surface area contributed by atoms with Crippen molar-refractivity contribution in [3.63, 3.8) is 0 Å². The van der Waals surface area contributed by atoms with E-state index in [-0.39, 0.29) is 19.5 Å². The van der Waals surface area contributed by atoms with Crippen LogP contribution < -0.4 is 19.9 Å². The maximum Gasteiger partial charge on any atom is 0.576 e. The smallest absolute Gasteiger partial charge is 0.528 e. The molecule has 114 valence electrons. The zero-order chi connectivity index (χ0) is 15.8. The van der Waals surface area contributed by atoms with Crippen molar-refractivity contribution in [2.75, 3.05) is 10.6 Å². The van der Waals surface area contributed by atoms with Crippen LogP contribution in [-0.4, -0.2) is 19.5 Å². The molecule has 4 rings (SSSR count). The molecule has 23 heavy (non-hydrogen) atoms. The molecule has 2 N–H and O–H groups in total. The van der Waals surface area contributed by atoms with E-state index in [0.717, 1.165) is 22.5 Å². The second-order valence-electron chi connectivity index (χ2n) is 5.49. The average molecular weight is 308 g/mol. The van der Waals surface area contributed by atoms with Crippen LogP contribution in [0, 0.1) is 0 Å². The third-order valence-corrected chi connectivity index (χ3v) is 3.86. The number of hydrogen-bond donors (Lipinski definition) is 2. The third-order valence-electron chi connectivity index (χ3n) is 3.86. The minimum absolute atomic E-state index is 0.00594. The molecule has 2 aliphatic heterocycles. The Labute approximate surface area is 133 Å². The van der Waals surface area contributed by atoms with Crippen LogP contribution >= 0.6 is 0 Å². The van der Waals surface area contributed by atoms with Gasteiger partial charge in [0.1, 0.15) is 11.5 Å². The highest BCUT2D eigenvalue weighted by Gasteiger charge is 2.19. The topological polar surface area (TPSA) is 76.7 Å². The van der Waals surface area contributed by atoms with Crippen molar-refractivity contribution in [2.45, 2.75) is 12.8 Å². The van der Waals surface area contributed by atoms with Gasteiger partial charge in [-0.15, -0.1) is 0 Å². The molecule has 7 heteroatoms. The number of amides is 2. The van der Waals surface area contributed by atoms with Crippen molar-refractivity contribution >= 4 is 30.9 Å². The second kappa shape index (κ2) is 5.35. The van der Waals surface area contributed by atoms with Crippen LogP contribution in [0.2, 0.25) is 0 Å². The number of hydrogen-bond acceptors (Lipinski definition) is 4. The van der Waals surface area contributed by atoms with E-state index < -0.39 is 0 Å². The van der Waals surface area contributed by atoms with Gasteiger partial charge < -0.3 is 19.9 Å². The molecule has 0 aliphatic carbocycles. The quantitative estimate of drug-likeness (QED) is 0.837. The van der Waals surface area contributed by atoms with Crippen molar-refractivity contribution in [3.8, 4) is 11.5 Å². The molecule has 2 aromatic rings. The summed E-state index contributed by atoms with van der Waals surface area (Å²) >= 11 is 0. The van der Waals surface area contributed by atoms with Gasteiger partial charge >= 0.3 is 7.69 Å². The van der Waals surface area contributed by atoms with Gasteiger partial charge in [-0.05, 0) is 23.3 Å². The highest BCUT2D eigenvalue weighted by molar-refractivity contribution is 6.20. The fraction of sp³-hybridized carbons (Fsp3) is 0.125. The highest BCUT2D eigenvalue weighted by Crippen LogP contribution is 2.29. The van der Waals surface area contributed by atoms with Crippen molar-refractivity contribution in [2.24, 2.45) is 0 Å². The van der Waals surface area contributed by atoms with Crippen LogP contribution in [0.1, 0.15) is 11.1 Å². The Morgan fingerprint density at radius 3 is 1.74 bits per heavy atom. The first-order valence-electron chi connectivity index (χ1n) is 7.28. The molecule has 2 aliphatic rings. The van der Waals surface area contributed by atoms with Gasteiger partial charge in [-0.3, -0.25) is 9.59 Å². The molecule has 0 aromatic heterocycles. The van der Waals surface area contributed by atoms with Crippen LogP contribution in [0.5, 0.6) is 11.5 Å². The fourth-order valence-electron chi connectivity index (χ4n) is 2.73. The van der Waals surface area contributed by atoms with Gasteiger partial charge in [-0.1, -0.05) is 12.1 Å². The fourth-order valence-corrected chi connectivity index (χ4v) is 2.73. The van der Waals surface area contributed by atoms with Gasteiger partial charge in [0.15, 0.2) is 0 Å². The summed E-state index contributed by atoms with van der Waals surface area (Å²) in [5.74, 6) is 1.24. The van der Waals surface area contributed by atoms with E-state index in [4.69, 9.17) is 9.31 Å². The Morgan fingerprint density at radius 2 is 1.26 bits per heavy atom. The monoisotopic (exact) mass is 308 g/mol. The Morgan fingerprint density at radius 1 is 0.783 bits per heavy atom. The van der Waals surface area contributed by atoms with Gasteiger partial charge in [0.25, 0.3) is 0 Å². The van der Waals surface area contributed by atoms with E-state index >= 15 is 0 Å². The van der Waals surface area contributed by atoms with Crippen molar-refractivity contribution in [1.29, 1.82) is 0 Å². The zero-order valence-corrected chi connectivity index (χ0v) is 12.2. The van der Waals surface area contributed by atoms with Crippen molar-refractivity contribution in [1.82, 2.24) is 0 Å². The van der Waals surface area contributed by atoms with Crippen LogP contribution in [0.25, 0.3) is 0 Å². The van der Waals surface area contributed by atoms with Crippen molar-refractivity contribution < 1.29 is 18.9 Å². The summed E-state index contributed by atoms with van der Waals surface area (Å²) in [5.41, 5.74) is 3.51. The molecule has 6 nitrogen and oxygen atoms in total. The molecule has 2 aromatic carbocycles. The summed E-state index contributed by atoms with van der Waals surface area (Å²) < 4.78 is 11.1. The number of fused-ring (bicyclic) bond motifs is 2. The highest BCUT2D eigenvalue weighted by atomic mass is 16.6. The first-order valence-corrected chi connectivity index (χ1v) is 7.28. The molecule has 0 saturated carbocycles. The lowest BCUT2D eigenvalue weighted by Gasteiger charge is -2.09. The number of carbonyl (C=O) groups is 2. The summed E-state index contributed by atoms with van der Waals surface area (Å²) in [6.45, 7) is 0. The van der Waals surface area contributed by atoms with E-state index in [1.807, 2.05) is 24.3 Å². The molecule has 0 spiro atoms. The van der Waals surface area contributed by atoms with Gasteiger partial charge in [0.05, 0.1) is 12.8 Å². The molecular formula is C16H13BN2O4. The largest absolute Gasteiger partial charge is 0.576 e. The minimum Gasteiger partial charge on any atom is -0.528 e. The molecule has 0 bridgehead atoms. The third kappa shape index (κ3) is 2.73. The lowest BCUT2D eigenvalue weighted by Crippen LogP contribution is -2.11. The van der Waals surface area contributed by atoms with E-state index in [1.165, 1.54) is 0 Å². The van der Waals surface area contributed by atoms with E-state index in [0.29, 0.717) is 24.3 Å². The summed E-state index contributed by atoms with van der Waals surface area (Å²) in [7, 11) is 0.0411. The van der Waals surface area contributed by atoms with Gasteiger partial charge in [-0.2, -0.15) is 0 Å². The molecule has 0 saturated heterocycles. The van der Waals surface area contributed by atoms with Crippen LogP contribution in [0.3, 0.4) is 0 Å². The molecule has 0 atom stereocenters. The maximum absolute atomic E-state index is 11.3. The minimum atomic E-state index is -0.00594. The van der Waals surface area contributed by atoms with E-state index in [2.05, 4.69) is 10.6 Å². The maximum atomic E-state index is 11.3. The predicted molar refractivity (Wildman–Crippen MR) is 86.0 cm³/mol. The molecule has 0 fully saturated rings. The Bertz CT molecular complexity index is 754. The van der Waals surface area contributed by atoms with Crippen LogP contribution in [0.4, 0.5) is 11.4 Å². The standard InChI is InChI=1S/C16H13BN2O4/c20-15-5-9-1-3-11(7-13(9)18-15)22-17-23-12-4-2-10-6-16(21)19-14(10)8-12/h1-4,7-8,17H,5-6H2,(H,18,20)(H,19,21). The number of anilines is 2. The summed E-state index contributed by atoms with van der Waals surface area (Å²) in [5, 5.41) is 5.56. The predicted octanol–water partition coefficient (Wildman–Crippen LogP) is 1.40. The normalized spacial score (nSPS) is 14.6. The van der Waals surface area contributed by atoms with Gasteiger partial charge in [0.2, 0.25) is 11.8 Å². The Hall–Kier alpha value is -2.96. The lowest BCUT2D eigenvalue weighted by atomic mass is 10.1. The zero-order valence-electron chi connectivity index (χ0n) is 12.2. The van der Waals surface area contributed by atoms with E-state index in [9.17, 15) is 9.59 Å². The van der Waals surface area contributed by atoms with Gasteiger partial charge in [-0.25, -0.2) is 0 Å². The first kappa shape index (κ1) is 13.7. The number of benzene rings is 2. The summed E-state index contributed by atoms with van der Waals surface area (Å²) in [4.78, 5) is 22.6. The van der Waals surface area contributed by atoms with Crippen LogP contribution in [-0.2, 0) is 22.4 Å². The number of carbonyl (C=O) groups excluding carboxylic acids is 2. The average Bonchev–Trinajstić information content (AvgIpc) is 3.06. The summed E-state index contributed by atoms with van der Waals surface area (Å²) in [6.07, 6.45) is 0.819. The van der Waals surface area contributed by atoms with E-state index in [1.54, 1.807) is 12.1 Å². The molecule has 0 radical (unpaired) electrons.